The smallest absolute Gasteiger partial charge is 0.282 e. The summed E-state index contributed by atoms with van der Waals surface area (Å²) in [4.78, 5) is 16.2. The Morgan fingerprint density at radius 1 is 1.02 bits per heavy atom. The van der Waals surface area contributed by atoms with Gasteiger partial charge in [0.1, 0.15) is 29.7 Å². The number of anilines is 1. The van der Waals surface area contributed by atoms with Crippen LogP contribution in [0.3, 0.4) is 0 Å². The normalized spacial score (nSPS) is 21.8. The van der Waals surface area contributed by atoms with E-state index in [4.69, 9.17) is 14.2 Å². The first-order valence-electron chi connectivity index (χ1n) is 16.7. The predicted molar refractivity (Wildman–Crippen MR) is 166 cm³/mol. The molecule has 2 spiro atoms. The predicted octanol–water partition coefficient (Wildman–Crippen LogP) is 4.67. The monoisotopic (exact) mass is 651 g/mol. The lowest BCUT2D eigenvalue weighted by Crippen LogP contribution is -2.65. The lowest BCUT2D eigenvalue weighted by atomic mass is 9.61. The van der Waals surface area contributed by atoms with E-state index in [-0.39, 0.29) is 34.3 Å². The van der Waals surface area contributed by atoms with E-state index in [1.165, 1.54) is 36.9 Å². The maximum Gasteiger partial charge on any atom is 0.282 e. The summed E-state index contributed by atoms with van der Waals surface area (Å²) in [6.07, 6.45) is 6.43. The second-order valence-corrected chi connectivity index (χ2v) is 14.0. The molecular formula is C34H40F3N7O3. The molecule has 0 bridgehead atoms. The summed E-state index contributed by atoms with van der Waals surface area (Å²) in [5.74, 6) is 1.07. The van der Waals surface area contributed by atoms with Crippen molar-refractivity contribution in [3.05, 3.63) is 59.4 Å². The average molecular weight is 652 g/mol. The van der Waals surface area contributed by atoms with Crippen molar-refractivity contribution in [1.29, 1.82) is 0 Å². The Labute approximate surface area is 272 Å². The van der Waals surface area contributed by atoms with Crippen LogP contribution in [0, 0.1) is 11.2 Å². The number of rotatable bonds is 11. The number of pyridine rings is 1. The van der Waals surface area contributed by atoms with Gasteiger partial charge in [-0.15, -0.1) is 10.2 Å². The topological polar surface area (TPSA) is 89.0 Å². The minimum Gasteiger partial charge on any atom is -0.490 e. The summed E-state index contributed by atoms with van der Waals surface area (Å²) in [5.41, 5.74) is 2.71. The second-order valence-electron chi connectivity index (χ2n) is 14.0. The first-order chi connectivity index (χ1) is 22.8. The Balaban J connectivity index is 0.835. The van der Waals surface area contributed by atoms with Gasteiger partial charge in [-0.2, -0.15) is 0 Å². The van der Waals surface area contributed by atoms with E-state index in [1.54, 1.807) is 0 Å². The molecule has 250 valence electrons. The van der Waals surface area contributed by atoms with Crippen molar-refractivity contribution in [1.82, 2.24) is 30.0 Å². The first-order valence-corrected chi connectivity index (χ1v) is 16.7. The van der Waals surface area contributed by atoms with Gasteiger partial charge >= 0.3 is 0 Å². The van der Waals surface area contributed by atoms with Gasteiger partial charge in [-0.05, 0) is 69.5 Å². The first kappa shape index (κ1) is 30.8. The number of fused-ring (bicyclic) bond motifs is 1. The van der Waals surface area contributed by atoms with Crippen LogP contribution < -0.4 is 14.4 Å². The maximum atomic E-state index is 13.8. The number of likely N-dealkylation sites (tertiary alicyclic amines) is 1. The Kier molecular flexibility index (Phi) is 8.17. The van der Waals surface area contributed by atoms with Crippen LogP contribution in [0.25, 0.3) is 0 Å². The van der Waals surface area contributed by atoms with E-state index >= 15 is 0 Å². The van der Waals surface area contributed by atoms with Gasteiger partial charge in [-0.1, -0.05) is 0 Å². The highest BCUT2D eigenvalue weighted by molar-refractivity contribution is 5.53. The number of nitrogens with zero attached hydrogens (tertiary/aromatic N) is 7. The van der Waals surface area contributed by atoms with E-state index in [2.05, 4.69) is 34.9 Å². The SMILES string of the molecule is Fc1ccc(Oc2nncnc2N2CC3(CC(Oc4ccnc5c4CN(CCCN4CC6(CCCO6)C4)CC5)C3)C2)c(CC(F)F)c1. The molecule has 6 heterocycles. The van der Waals surface area contributed by atoms with E-state index in [9.17, 15) is 13.2 Å². The quantitative estimate of drug-likeness (QED) is 0.292. The minimum atomic E-state index is -2.64. The van der Waals surface area contributed by atoms with Crippen molar-refractivity contribution in [2.75, 3.05) is 57.3 Å². The Hall–Kier alpha value is -3.55. The molecular weight excluding hydrogens is 611 g/mol. The zero-order valence-corrected chi connectivity index (χ0v) is 26.4. The van der Waals surface area contributed by atoms with Gasteiger partial charge in [0, 0.05) is 87.1 Å². The molecule has 3 aromatic rings. The van der Waals surface area contributed by atoms with E-state index in [0.717, 1.165) is 102 Å². The second kappa shape index (κ2) is 12.5. The third-order valence-electron chi connectivity index (χ3n) is 10.4. The Morgan fingerprint density at radius 3 is 2.68 bits per heavy atom. The average Bonchev–Trinajstić information content (AvgIpc) is 3.49. The molecule has 4 aliphatic heterocycles. The highest BCUT2D eigenvalue weighted by Crippen LogP contribution is 2.52. The van der Waals surface area contributed by atoms with Crippen LogP contribution in [-0.2, 0) is 24.1 Å². The van der Waals surface area contributed by atoms with Crippen molar-refractivity contribution in [3.8, 4) is 17.4 Å². The van der Waals surface area contributed by atoms with Crippen molar-refractivity contribution in [2.45, 2.75) is 69.6 Å². The molecule has 1 saturated carbocycles. The number of alkyl halides is 2. The van der Waals surface area contributed by atoms with Crippen LogP contribution in [0.15, 0.2) is 36.8 Å². The third-order valence-corrected chi connectivity index (χ3v) is 10.4. The number of aromatic nitrogens is 4. The third kappa shape index (κ3) is 6.37. The fraction of sp³-hybridized carbons (Fsp3) is 0.588. The van der Waals surface area contributed by atoms with Crippen LogP contribution in [-0.4, -0.2) is 101 Å². The van der Waals surface area contributed by atoms with Gasteiger partial charge in [-0.3, -0.25) is 14.8 Å². The molecule has 13 heteroatoms. The summed E-state index contributed by atoms with van der Waals surface area (Å²) in [5, 5.41) is 7.91. The van der Waals surface area contributed by atoms with Crippen LogP contribution in [0.2, 0.25) is 0 Å². The molecule has 8 rings (SSSR count). The summed E-state index contributed by atoms with van der Waals surface area (Å²) < 4.78 is 58.4. The number of hydrogen-bond donors (Lipinski definition) is 0. The number of benzene rings is 1. The standard InChI is InChI=1S/C34H40F3N7O3/c35-24-3-4-28(23(13-24)14-30(36)37)47-32-31(39-22-40-41-32)44-18-33(19-44)15-25(16-33)46-29-5-8-38-27-6-11-42(17-26(27)29)9-2-10-43-20-34(21-43)7-1-12-45-34/h3-5,8,13,22,25,30H,1-2,6-7,9-12,14-21H2. The number of hydrogen-bond acceptors (Lipinski definition) is 10. The molecule has 4 fully saturated rings. The summed E-state index contributed by atoms with van der Waals surface area (Å²) in [6, 6.07) is 5.58. The molecule has 1 aromatic carbocycles. The van der Waals surface area contributed by atoms with Gasteiger partial charge in [0.15, 0.2) is 5.82 Å². The lowest BCUT2D eigenvalue weighted by molar-refractivity contribution is -0.111. The molecule has 0 N–H and O–H groups in total. The van der Waals surface area contributed by atoms with E-state index < -0.39 is 18.7 Å². The summed E-state index contributed by atoms with van der Waals surface area (Å²) in [6.45, 7) is 8.68. The molecule has 0 radical (unpaired) electrons. The molecule has 0 atom stereocenters. The zero-order valence-electron chi connectivity index (χ0n) is 26.4. The van der Waals surface area contributed by atoms with Crippen LogP contribution in [0.5, 0.6) is 17.4 Å². The van der Waals surface area contributed by atoms with Gasteiger partial charge in [-0.25, -0.2) is 18.2 Å². The highest BCUT2D eigenvalue weighted by Gasteiger charge is 2.54. The van der Waals surface area contributed by atoms with Gasteiger partial charge in [0.2, 0.25) is 6.43 Å². The van der Waals surface area contributed by atoms with Gasteiger partial charge in [0.25, 0.3) is 5.88 Å². The summed E-state index contributed by atoms with van der Waals surface area (Å²) in [7, 11) is 0. The van der Waals surface area contributed by atoms with Crippen molar-refractivity contribution in [2.24, 2.45) is 5.41 Å². The molecule has 0 amide bonds. The fourth-order valence-corrected chi connectivity index (χ4v) is 8.18. The van der Waals surface area contributed by atoms with Crippen LogP contribution in [0.4, 0.5) is 19.0 Å². The fourth-order valence-electron chi connectivity index (χ4n) is 8.18. The van der Waals surface area contributed by atoms with Gasteiger partial charge in [0.05, 0.1) is 5.60 Å². The molecule has 47 heavy (non-hydrogen) atoms. The van der Waals surface area contributed by atoms with Crippen LogP contribution >= 0.6 is 0 Å². The molecule has 2 aromatic heterocycles. The van der Waals surface area contributed by atoms with Crippen LogP contribution in [0.1, 0.15) is 48.9 Å². The molecule has 10 nitrogen and oxygen atoms in total. The molecule has 3 saturated heterocycles. The zero-order chi connectivity index (χ0) is 32.0. The van der Waals surface area contributed by atoms with Gasteiger partial charge < -0.3 is 19.1 Å². The molecule has 0 unspecified atom stereocenters. The number of ether oxygens (including phenoxy) is 3. The maximum absolute atomic E-state index is 13.8. The molecule has 1 aliphatic carbocycles. The highest BCUT2D eigenvalue weighted by atomic mass is 19.3. The van der Waals surface area contributed by atoms with E-state index in [0.29, 0.717) is 5.82 Å². The molecule has 5 aliphatic rings. The van der Waals surface area contributed by atoms with Crippen molar-refractivity contribution in [3.63, 3.8) is 0 Å². The lowest BCUT2D eigenvalue weighted by Gasteiger charge is -2.58. The number of halogens is 3. The minimum absolute atomic E-state index is 0.0660. The summed E-state index contributed by atoms with van der Waals surface area (Å²) >= 11 is 0. The van der Waals surface area contributed by atoms with E-state index in [1.807, 2.05) is 12.3 Å². The largest absolute Gasteiger partial charge is 0.490 e. The van der Waals surface area contributed by atoms with Crippen molar-refractivity contribution >= 4 is 5.82 Å². The Morgan fingerprint density at radius 2 is 1.87 bits per heavy atom. The van der Waals surface area contributed by atoms with Crippen molar-refractivity contribution < 1.29 is 27.4 Å². The Bertz CT molecular complexity index is 1580.